The molecule has 1 aromatic heterocycles. The highest BCUT2D eigenvalue weighted by atomic mass is 35.5. The van der Waals surface area contributed by atoms with Gasteiger partial charge in [0.1, 0.15) is 0 Å². The lowest BCUT2D eigenvalue weighted by atomic mass is 10.2. The molecule has 0 saturated carbocycles. The summed E-state index contributed by atoms with van der Waals surface area (Å²) >= 11 is 7.44. The first-order valence-corrected chi connectivity index (χ1v) is 9.81. The smallest absolute Gasteiger partial charge is 0.203 e. The fourth-order valence-corrected chi connectivity index (χ4v) is 3.39. The number of nitrogens with one attached hydrogen (secondary N) is 1. The molecule has 0 spiro atoms. The third-order valence-corrected chi connectivity index (χ3v) is 5.04. The molecule has 134 valence electrons. The van der Waals surface area contributed by atoms with Gasteiger partial charge in [0.15, 0.2) is 0 Å². The molecule has 26 heavy (non-hydrogen) atoms. The number of hydrazone groups is 1. The van der Waals surface area contributed by atoms with Gasteiger partial charge in [0, 0.05) is 34.7 Å². The third kappa shape index (κ3) is 4.62. The first-order chi connectivity index (χ1) is 12.7. The van der Waals surface area contributed by atoms with E-state index in [1.807, 2.05) is 29.6 Å². The van der Waals surface area contributed by atoms with Crippen LogP contribution in [0.2, 0.25) is 5.02 Å². The van der Waals surface area contributed by atoms with Gasteiger partial charge in [0.2, 0.25) is 5.13 Å². The molecule has 0 unspecified atom stereocenters. The summed E-state index contributed by atoms with van der Waals surface area (Å²) in [7, 11) is 0. The van der Waals surface area contributed by atoms with Gasteiger partial charge in [-0.05, 0) is 43.7 Å². The number of aromatic nitrogens is 1. The van der Waals surface area contributed by atoms with E-state index < -0.39 is 0 Å². The minimum absolute atomic E-state index is 0.721. The zero-order chi connectivity index (χ0) is 18.4. The molecule has 0 fully saturated rings. The Morgan fingerprint density at radius 1 is 1.08 bits per heavy atom. The molecule has 3 rings (SSSR count). The second-order valence-corrected chi connectivity index (χ2v) is 6.97. The van der Waals surface area contributed by atoms with Gasteiger partial charge in [-0.2, -0.15) is 5.10 Å². The molecule has 4 nitrogen and oxygen atoms in total. The lowest BCUT2D eigenvalue weighted by Crippen LogP contribution is -2.21. The normalized spacial score (nSPS) is 11.0. The SMILES string of the molecule is CCN(CC)c1ccc(/C=N/Nc2nc(-c3ccc(Cl)cc3)cs2)cc1. The summed E-state index contributed by atoms with van der Waals surface area (Å²) in [6.45, 7) is 6.33. The van der Waals surface area contributed by atoms with Gasteiger partial charge in [-0.25, -0.2) is 4.98 Å². The van der Waals surface area contributed by atoms with E-state index in [1.54, 1.807) is 6.21 Å². The van der Waals surface area contributed by atoms with E-state index >= 15 is 0 Å². The standard InChI is InChI=1S/C20H21ClN4S/c1-3-25(4-2)18-11-5-15(6-12-18)13-22-24-20-23-19(14-26-20)16-7-9-17(21)10-8-16/h5-14H,3-4H2,1-2H3,(H,23,24)/b22-13+. The van der Waals surface area contributed by atoms with Crippen molar-refractivity contribution in [2.24, 2.45) is 5.10 Å². The quantitative estimate of drug-likeness (QED) is 0.416. The Kier molecular flexibility index (Phi) is 6.26. The topological polar surface area (TPSA) is 40.5 Å². The summed E-state index contributed by atoms with van der Waals surface area (Å²) in [4.78, 5) is 6.86. The Morgan fingerprint density at radius 3 is 2.42 bits per heavy atom. The molecule has 0 bridgehead atoms. The highest BCUT2D eigenvalue weighted by Gasteiger charge is 2.04. The fourth-order valence-electron chi connectivity index (χ4n) is 2.60. The molecule has 0 amide bonds. The van der Waals surface area contributed by atoms with Crippen LogP contribution in [0.25, 0.3) is 11.3 Å². The monoisotopic (exact) mass is 384 g/mol. The van der Waals surface area contributed by atoms with Crippen LogP contribution in [0.1, 0.15) is 19.4 Å². The van der Waals surface area contributed by atoms with E-state index in [0.717, 1.165) is 40.1 Å². The molecule has 6 heteroatoms. The van der Waals surface area contributed by atoms with E-state index in [-0.39, 0.29) is 0 Å². The van der Waals surface area contributed by atoms with Gasteiger partial charge in [-0.1, -0.05) is 35.9 Å². The van der Waals surface area contributed by atoms with Gasteiger partial charge < -0.3 is 4.90 Å². The molecular formula is C20H21ClN4S. The van der Waals surface area contributed by atoms with Crippen LogP contribution < -0.4 is 10.3 Å². The fraction of sp³-hybridized carbons (Fsp3) is 0.200. The molecule has 2 aromatic carbocycles. The predicted octanol–water partition coefficient (Wildman–Crippen LogP) is 5.76. The molecular weight excluding hydrogens is 364 g/mol. The number of thiazole rings is 1. The minimum Gasteiger partial charge on any atom is -0.372 e. The Labute approximate surface area is 163 Å². The Hall–Kier alpha value is -2.37. The van der Waals surface area contributed by atoms with E-state index in [4.69, 9.17) is 11.6 Å². The van der Waals surface area contributed by atoms with Gasteiger partial charge in [0.25, 0.3) is 0 Å². The number of halogens is 1. The van der Waals surface area contributed by atoms with Crippen molar-refractivity contribution in [2.45, 2.75) is 13.8 Å². The van der Waals surface area contributed by atoms with Crippen molar-refractivity contribution in [3.63, 3.8) is 0 Å². The summed E-state index contributed by atoms with van der Waals surface area (Å²) in [6.07, 6.45) is 1.80. The first kappa shape index (κ1) is 18.4. The highest BCUT2D eigenvalue weighted by molar-refractivity contribution is 7.14. The zero-order valence-corrected chi connectivity index (χ0v) is 16.4. The van der Waals surface area contributed by atoms with Crippen molar-refractivity contribution in [1.29, 1.82) is 0 Å². The average molecular weight is 385 g/mol. The molecule has 0 atom stereocenters. The van der Waals surface area contributed by atoms with Crippen molar-refractivity contribution >= 4 is 40.0 Å². The Bertz CT molecular complexity index is 852. The summed E-state index contributed by atoms with van der Waals surface area (Å²) in [5.74, 6) is 0. The van der Waals surface area contributed by atoms with E-state index in [2.05, 4.69) is 58.5 Å². The molecule has 0 aliphatic rings. The largest absolute Gasteiger partial charge is 0.372 e. The van der Waals surface area contributed by atoms with E-state index in [9.17, 15) is 0 Å². The van der Waals surface area contributed by atoms with Crippen molar-refractivity contribution in [3.05, 3.63) is 64.5 Å². The second-order valence-electron chi connectivity index (χ2n) is 5.68. The van der Waals surface area contributed by atoms with Gasteiger partial charge in [-0.15, -0.1) is 11.3 Å². The van der Waals surface area contributed by atoms with Gasteiger partial charge >= 0.3 is 0 Å². The molecule has 0 saturated heterocycles. The van der Waals surface area contributed by atoms with Crippen molar-refractivity contribution in [2.75, 3.05) is 23.4 Å². The summed E-state index contributed by atoms with van der Waals surface area (Å²) in [5.41, 5.74) is 7.22. The number of benzene rings is 2. The zero-order valence-electron chi connectivity index (χ0n) is 14.8. The molecule has 0 aliphatic heterocycles. The van der Waals surface area contributed by atoms with Crippen molar-refractivity contribution < 1.29 is 0 Å². The molecule has 1 heterocycles. The number of nitrogens with zero attached hydrogens (tertiary/aromatic N) is 3. The van der Waals surface area contributed by atoms with Crippen LogP contribution in [0.5, 0.6) is 0 Å². The summed E-state index contributed by atoms with van der Waals surface area (Å²) in [6, 6.07) is 16.0. The van der Waals surface area contributed by atoms with Crippen LogP contribution in [0.15, 0.2) is 59.0 Å². The number of rotatable bonds is 7. The van der Waals surface area contributed by atoms with Crippen LogP contribution >= 0.6 is 22.9 Å². The van der Waals surface area contributed by atoms with E-state index in [0.29, 0.717) is 0 Å². The molecule has 1 N–H and O–H groups in total. The van der Waals surface area contributed by atoms with E-state index in [1.165, 1.54) is 17.0 Å². The average Bonchev–Trinajstić information content (AvgIpc) is 3.13. The molecule has 0 radical (unpaired) electrons. The lowest BCUT2D eigenvalue weighted by molar-refractivity contribution is 0.866. The Balaban J connectivity index is 1.61. The number of anilines is 2. The van der Waals surface area contributed by atoms with Crippen LogP contribution in [0.4, 0.5) is 10.8 Å². The van der Waals surface area contributed by atoms with Crippen LogP contribution in [-0.2, 0) is 0 Å². The number of hydrogen-bond acceptors (Lipinski definition) is 5. The highest BCUT2D eigenvalue weighted by Crippen LogP contribution is 2.26. The van der Waals surface area contributed by atoms with Crippen LogP contribution in [0.3, 0.4) is 0 Å². The van der Waals surface area contributed by atoms with Crippen LogP contribution in [0, 0.1) is 0 Å². The molecule has 0 aliphatic carbocycles. The van der Waals surface area contributed by atoms with Crippen LogP contribution in [-0.4, -0.2) is 24.3 Å². The first-order valence-electron chi connectivity index (χ1n) is 8.55. The summed E-state index contributed by atoms with van der Waals surface area (Å²) < 4.78 is 0. The minimum atomic E-state index is 0.721. The maximum absolute atomic E-state index is 5.92. The second kappa shape index (κ2) is 8.83. The van der Waals surface area contributed by atoms with Gasteiger partial charge in [-0.3, -0.25) is 5.43 Å². The third-order valence-electron chi connectivity index (χ3n) is 4.04. The van der Waals surface area contributed by atoms with Crippen molar-refractivity contribution in [3.8, 4) is 11.3 Å². The maximum atomic E-state index is 5.92. The number of hydrogen-bond donors (Lipinski definition) is 1. The summed E-state index contributed by atoms with van der Waals surface area (Å²) in [5, 5.41) is 7.76. The Morgan fingerprint density at radius 2 is 1.77 bits per heavy atom. The lowest BCUT2D eigenvalue weighted by Gasteiger charge is -2.20. The van der Waals surface area contributed by atoms with Gasteiger partial charge in [0.05, 0.1) is 11.9 Å². The maximum Gasteiger partial charge on any atom is 0.203 e. The predicted molar refractivity (Wildman–Crippen MR) is 114 cm³/mol. The van der Waals surface area contributed by atoms with Crippen molar-refractivity contribution in [1.82, 2.24) is 4.98 Å². The molecule has 3 aromatic rings.